The number of carbonyl (C=O) groups is 2. The fourth-order valence-corrected chi connectivity index (χ4v) is 13.5. The summed E-state index contributed by atoms with van der Waals surface area (Å²) in [6, 6.07) is 0. The zero-order valence-electron chi connectivity index (χ0n) is 64.1. The van der Waals surface area contributed by atoms with E-state index < -0.39 is 26.5 Å². The highest BCUT2D eigenvalue weighted by atomic mass is 31.2. The van der Waals surface area contributed by atoms with Gasteiger partial charge in [0, 0.05) is 12.8 Å². The highest BCUT2D eigenvalue weighted by molar-refractivity contribution is 7.45. The number of phosphoric acid groups is 1. The van der Waals surface area contributed by atoms with Crippen LogP contribution in [0, 0.1) is 0 Å². The third-order valence-electron chi connectivity index (χ3n) is 19.1. The number of nitrogens with zero attached hydrogens (tertiary/aromatic N) is 1. The van der Waals surface area contributed by atoms with Crippen molar-refractivity contribution in [3.8, 4) is 0 Å². The standard InChI is InChI=1S/C85H162NO8P/c1-6-8-10-12-14-16-18-20-22-24-26-28-30-32-34-36-38-40-42-44-45-47-49-51-53-55-57-59-61-63-65-67-69-71-73-75-77-84(87)91-81-83(82-93-95(89,90)92-80-79-86(3,4)5)94-85(88)78-76-74-72-70-68-66-64-62-60-58-56-54-52-50-48-46-43-41-39-37-35-33-31-29-27-25-23-21-19-17-15-13-11-9-7-2/h9,11,15,17,21,23,27,29,83H,6-8,10,12-14,16,18-20,22,24-26,28,30-82H2,1-5H3/b11-9-,17-15-,23-21-,29-27-. The minimum atomic E-state index is -4.64. The highest BCUT2D eigenvalue weighted by Gasteiger charge is 2.22. The molecule has 9 nitrogen and oxygen atoms in total. The number of unbranched alkanes of at least 4 members (excludes halogenated alkanes) is 57. The number of ether oxygens (including phenoxy) is 2. The first kappa shape index (κ1) is 93.0. The zero-order valence-corrected chi connectivity index (χ0v) is 65.0. The lowest BCUT2D eigenvalue weighted by atomic mass is 10.0. The topological polar surface area (TPSA) is 111 Å². The molecule has 0 heterocycles. The summed E-state index contributed by atoms with van der Waals surface area (Å²) in [5.41, 5.74) is 0. The van der Waals surface area contributed by atoms with Gasteiger partial charge in [-0.3, -0.25) is 14.2 Å². The molecule has 10 heteroatoms. The maximum Gasteiger partial charge on any atom is 0.306 e. The third-order valence-corrected chi connectivity index (χ3v) is 20.1. The third kappa shape index (κ3) is 80.8. The second-order valence-electron chi connectivity index (χ2n) is 29.8. The highest BCUT2D eigenvalue weighted by Crippen LogP contribution is 2.38. The van der Waals surface area contributed by atoms with E-state index in [-0.39, 0.29) is 32.0 Å². The summed E-state index contributed by atoms with van der Waals surface area (Å²) >= 11 is 0. The van der Waals surface area contributed by atoms with Crippen LogP contribution in [0.5, 0.6) is 0 Å². The lowest BCUT2D eigenvalue weighted by molar-refractivity contribution is -0.870. The smallest absolute Gasteiger partial charge is 0.306 e. The van der Waals surface area contributed by atoms with Crippen LogP contribution in [-0.4, -0.2) is 70.0 Å². The van der Waals surface area contributed by atoms with Gasteiger partial charge in [0.25, 0.3) is 7.82 Å². The molecule has 0 aromatic heterocycles. The van der Waals surface area contributed by atoms with Gasteiger partial charge < -0.3 is 27.9 Å². The first-order valence-corrected chi connectivity index (χ1v) is 43.3. The van der Waals surface area contributed by atoms with Gasteiger partial charge in [-0.05, 0) is 51.4 Å². The summed E-state index contributed by atoms with van der Waals surface area (Å²) in [5.74, 6) is -0.806. The molecule has 0 aliphatic carbocycles. The van der Waals surface area contributed by atoms with Crippen molar-refractivity contribution in [3.63, 3.8) is 0 Å². The Morgan fingerprint density at radius 3 is 0.895 bits per heavy atom. The normalized spacial score (nSPS) is 13.2. The van der Waals surface area contributed by atoms with Crippen molar-refractivity contribution in [2.75, 3.05) is 47.5 Å². The lowest BCUT2D eigenvalue weighted by Crippen LogP contribution is -2.37. The van der Waals surface area contributed by atoms with Crippen molar-refractivity contribution in [2.24, 2.45) is 0 Å². The predicted molar refractivity (Wildman–Crippen MR) is 411 cm³/mol. The molecule has 0 aliphatic rings. The number of allylic oxidation sites excluding steroid dienone is 8. The molecule has 0 N–H and O–H groups in total. The van der Waals surface area contributed by atoms with E-state index in [1.807, 2.05) is 21.1 Å². The fraction of sp³-hybridized carbons (Fsp3) is 0.882. The van der Waals surface area contributed by atoms with Gasteiger partial charge in [0.1, 0.15) is 19.8 Å². The van der Waals surface area contributed by atoms with Crippen LogP contribution in [0.1, 0.15) is 431 Å². The molecule has 0 fully saturated rings. The molecule has 560 valence electrons. The van der Waals surface area contributed by atoms with Crippen molar-refractivity contribution in [2.45, 2.75) is 437 Å². The second-order valence-corrected chi connectivity index (χ2v) is 31.2. The number of quaternary nitrogens is 1. The maximum absolute atomic E-state index is 12.9. The molecule has 0 amide bonds. The van der Waals surface area contributed by atoms with Crippen molar-refractivity contribution in [1.82, 2.24) is 0 Å². The second kappa shape index (κ2) is 76.2. The van der Waals surface area contributed by atoms with Crippen LogP contribution in [0.4, 0.5) is 0 Å². The molecule has 2 unspecified atom stereocenters. The van der Waals surface area contributed by atoms with Gasteiger partial charge >= 0.3 is 11.9 Å². The van der Waals surface area contributed by atoms with Crippen LogP contribution in [0.15, 0.2) is 48.6 Å². The molecular weight excluding hydrogens is 1190 g/mol. The van der Waals surface area contributed by atoms with Gasteiger partial charge in [-0.25, -0.2) is 0 Å². The van der Waals surface area contributed by atoms with E-state index in [1.165, 1.54) is 340 Å². The minimum absolute atomic E-state index is 0.0274. The van der Waals surface area contributed by atoms with E-state index in [4.69, 9.17) is 18.5 Å². The van der Waals surface area contributed by atoms with Gasteiger partial charge in [-0.15, -0.1) is 0 Å². The molecule has 0 aromatic carbocycles. The Hall–Kier alpha value is -2.03. The van der Waals surface area contributed by atoms with E-state index in [1.54, 1.807) is 0 Å². The van der Waals surface area contributed by atoms with E-state index in [0.29, 0.717) is 17.4 Å². The van der Waals surface area contributed by atoms with E-state index >= 15 is 0 Å². The van der Waals surface area contributed by atoms with Gasteiger partial charge in [0.2, 0.25) is 0 Å². The molecule has 0 saturated heterocycles. The monoisotopic (exact) mass is 1360 g/mol. The molecule has 0 saturated carbocycles. The van der Waals surface area contributed by atoms with Gasteiger partial charge in [-0.1, -0.05) is 416 Å². The summed E-state index contributed by atoms with van der Waals surface area (Å²) in [4.78, 5) is 38.2. The van der Waals surface area contributed by atoms with Crippen molar-refractivity contribution in [3.05, 3.63) is 48.6 Å². The van der Waals surface area contributed by atoms with Crippen LogP contribution >= 0.6 is 7.82 Å². The molecule has 0 aromatic rings. The van der Waals surface area contributed by atoms with Crippen molar-refractivity contribution in [1.29, 1.82) is 0 Å². The van der Waals surface area contributed by atoms with E-state index in [2.05, 4.69) is 62.5 Å². The largest absolute Gasteiger partial charge is 0.756 e. The molecule has 0 spiro atoms. The average Bonchev–Trinajstić information content (AvgIpc) is 2.16. The number of carbonyl (C=O) groups excluding carboxylic acids is 2. The molecule has 0 bridgehead atoms. The Morgan fingerprint density at radius 2 is 0.600 bits per heavy atom. The summed E-state index contributed by atoms with van der Waals surface area (Å²) in [7, 11) is 1.19. The number of esters is 2. The van der Waals surface area contributed by atoms with Crippen LogP contribution in [0.2, 0.25) is 0 Å². The summed E-state index contributed by atoms with van der Waals surface area (Å²) in [5, 5.41) is 0. The number of hydrogen-bond acceptors (Lipinski definition) is 8. The van der Waals surface area contributed by atoms with Crippen molar-refractivity contribution < 1.29 is 42.1 Å². The van der Waals surface area contributed by atoms with Crippen molar-refractivity contribution >= 4 is 19.8 Å². The van der Waals surface area contributed by atoms with Crippen LogP contribution in [0.25, 0.3) is 0 Å². The van der Waals surface area contributed by atoms with Crippen LogP contribution in [-0.2, 0) is 32.7 Å². The first-order chi connectivity index (χ1) is 46.5. The molecule has 0 rings (SSSR count). The number of likely N-dealkylation sites (N-methyl/N-ethyl adjacent to an activating group) is 1. The van der Waals surface area contributed by atoms with Gasteiger partial charge in [0.05, 0.1) is 27.7 Å². The Bertz CT molecular complexity index is 1740. The van der Waals surface area contributed by atoms with Crippen LogP contribution in [0.3, 0.4) is 0 Å². The SMILES string of the molecule is CC/C=C\C/C=C\C/C=C\C/C=C\CCCCCCCCCCCCCCCCCCCCCCCCC(=O)OC(COC(=O)CCCCCCCCCCCCCCCCCCCCCCCCCCCCCCCCCCCCCC)COP(=O)([O-])OCC[N+](C)(C)C. The number of rotatable bonds is 79. The van der Waals surface area contributed by atoms with Gasteiger partial charge in [-0.2, -0.15) is 0 Å². The number of phosphoric ester groups is 1. The van der Waals surface area contributed by atoms with E-state index in [0.717, 1.165) is 57.8 Å². The number of hydrogen-bond donors (Lipinski definition) is 0. The predicted octanol–water partition coefficient (Wildman–Crippen LogP) is 27.3. The average molecular weight is 1360 g/mol. The minimum Gasteiger partial charge on any atom is -0.756 e. The maximum atomic E-state index is 12.9. The Balaban J connectivity index is 3.87. The van der Waals surface area contributed by atoms with Gasteiger partial charge in [0.15, 0.2) is 6.10 Å². The lowest BCUT2D eigenvalue weighted by Gasteiger charge is -2.28. The van der Waals surface area contributed by atoms with E-state index in [9.17, 15) is 19.0 Å². The summed E-state index contributed by atoms with van der Waals surface area (Å²) in [6.07, 6.45) is 101. The quantitative estimate of drug-likeness (QED) is 0.0195. The molecule has 95 heavy (non-hydrogen) atoms. The molecular formula is C85H162NO8P. The Kier molecular flexibility index (Phi) is 74.5. The first-order valence-electron chi connectivity index (χ1n) is 41.8. The fourth-order valence-electron chi connectivity index (χ4n) is 12.8. The zero-order chi connectivity index (χ0) is 69.0. The summed E-state index contributed by atoms with van der Waals surface area (Å²) in [6.45, 7) is 4.22. The Morgan fingerprint density at radius 1 is 0.337 bits per heavy atom. The molecule has 0 radical (unpaired) electrons. The molecule has 0 aliphatic heterocycles. The molecule has 2 atom stereocenters. The van der Waals surface area contributed by atoms with Crippen LogP contribution < -0.4 is 4.89 Å². The summed E-state index contributed by atoms with van der Waals surface area (Å²) < 4.78 is 34.5. The Labute approximate surface area is 592 Å².